The van der Waals surface area contributed by atoms with E-state index in [0.717, 1.165) is 12.8 Å². The van der Waals surface area contributed by atoms with Crippen LogP contribution in [-0.2, 0) is 10.2 Å². The molecule has 0 saturated carbocycles. The first-order chi connectivity index (χ1) is 7.02. The Labute approximate surface area is 100 Å². The highest BCUT2D eigenvalue weighted by Gasteiger charge is 2.10. The van der Waals surface area contributed by atoms with E-state index in [2.05, 4.69) is 31.1 Å². The lowest BCUT2D eigenvalue weighted by Crippen LogP contribution is -2.41. The van der Waals surface area contributed by atoms with E-state index in [9.17, 15) is 8.42 Å². The summed E-state index contributed by atoms with van der Waals surface area (Å²) in [5, 5.41) is 0. The van der Waals surface area contributed by atoms with E-state index in [-0.39, 0.29) is 6.04 Å². The van der Waals surface area contributed by atoms with Gasteiger partial charge in [0.05, 0.1) is 0 Å². The Hall–Kier alpha value is -0.130. The third-order valence-electron chi connectivity index (χ3n) is 1.57. The van der Waals surface area contributed by atoms with Crippen LogP contribution in [0.1, 0.15) is 26.7 Å². The largest absolute Gasteiger partial charge is 0.277 e. The second-order valence-electron chi connectivity index (χ2n) is 3.10. The number of unbranched alkanes of at least 4 members (excludes halogenated alkanes) is 1. The second-order valence-corrected chi connectivity index (χ2v) is 5.09. The lowest BCUT2D eigenvalue weighted by atomic mass is 10.3. The summed E-state index contributed by atoms with van der Waals surface area (Å²) in [6.45, 7) is 4.22. The minimum atomic E-state index is -3.38. The molecule has 0 bridgehead atoms. The number of nitrogens with one attached hydrogen (secondary N) is 2. The fourth-order valence-corrected chi connectivity index (χ4v) is 2.09. The van der Waals surface area contributed by atoms with Crippen LogP contribution in [0.15, 0.2) is 16.8 Å². The van der Waals surface area contributed by atoms with Crippen LogP contribution in [0.2, 0.25) is 0 Å². The summed E-state index contributed by atoms with van der Waals surface area (Å²) in [4.78, 5) is 1.54. The Morgan fingerprint density at radius 1 is 1.53 bits per heavy atom. The zero-order valence-corrected chi connectivity index (χ0v) is 11.4. The first kappa shape index (κ1) is 14.9. The summed E-state index contributed by atoms with van der Waals surface area (Å²) < 4.78 is 27.7. The van der Waals surface area contributed by atoms with Gasteiger partial charge in [-0.3, -0.25) is 0 Å². The first-order valence-corrected chi connectivity index (χ1v) is 7.20. The molecule has 6 heteroatoms. The average Bonchev–Trinajstić information content (AvgIpc) is 2.14. The van der Waals surface area contributed by atoms with Crippen molar-refractivity contribution in [1.82, 2.24) is 9.44 Å². The molecule has 0 saturated heterocycles. The molecule has 0 rings (SSSR count). The summed E-state index contributed by atoms with van der Waals surface area (Å²) in [6.07, 6.45) is 3.42. The van der Waals surface area contributed by atoms with Crippen molar-refractivity contribution in [1.29, 1.82) is 0 Å². The molecule has 0 aliphatic rings. The third kappa shape index (κ3) is 8.84. The Morgan fingerprint density at radius 3 is 2.73 bits per heavy atom. The fourth-order valence-electron chi connectivity index (χ4n) is 0.884. The van der Waals surface area contributed by atoms with E-state index in [1.54, 1.807) is 18.0 Å². The highest BCUT2D eigenvalue weighted by Crippen LogP contribution is 1.90. The maximum absolute atomic E-state index is 11.4. The minimum Gasteiger partial charge on any atom is -0.202 e. The predicted molar refractivity (Wildman–Crippen MR) is 66.0 cm³/mol. The molecule has 1 unspecified atom stereocenters. The molecule has 0 radical (unpaired) electrons. The fraction of sp³-hybridized carbons (Fsp3) is 0.667. The van der Waals surface area contributed by atoms with Gasteiger partial charge in [0.2, 0.25) is 0 Å². The molecule has 1 atom stereocenters. The topological polar surface area (TPSA) is 58.2 Å². The molecule has 0 aromatic heterocycles. The lowest BCUT2D eigenvalue weighted by molar-refractivity contribution is 0.558. The number of hydrogen-bond donors (Lipinski definition) is 2. The summed E-state index contributed by atoms with van der Waals surface area (Å²) >= 11 is 3.05. The van der Waals surface area contributed by atoms with E-state index < -0.39 is 10.2 Å². The van der Waals surface area contributed by atoms with Gasteiger partial charge >= 0.3 is 0 Å². The molecule has 0 aromatic rings. The highest BCUT2D eigenvalue weighted by molar-refractivity contribution is 9.11. The first-order valence-electron chi connectivity index (χ1n) is 4.80. The zero-order chi connectivity index (χ0) is 11.7. The molecule has 88 valence electrons. The Balaban J connectivity index is 4.08. The Kier molecular flexibility index (Phi) is 8.00. The van der Waals surface area contributed by atoms with Crippen molar-refractivity contribution in [3.63, 3.8) is 0 Å². The van der Waals surface area contributed by atoms with Crippen molar-refractivity contribution < 1.29 is 8.42 Å². The van der Waals surface area contributed by atoms with Gasteiger partial charge in [0, 0.05) is 17.6 Å². The molecular formula is C9H17BrN2O2S. The van der Waals surface area contributed by atoms with Crippen LogP contribution < -0.4 is 9.44 Å². The van der Waals surface area contributed by atoms with Crippen molar-refractivity contribution >= 4 is 26.1 Å². The molecule has 0 spiro atoms. The molecule has 0 aliphatic heterocycles. The van der Waals surface area contributed by atoms with E-state index >= 15 is 0 Å². The van der Waals surface area contributed by atoms with E-state index in [1.807, 2.05) is 6.92 Å². The summed E-state index contributed by atoms with van der Waals surface area (Å²) in [7, 11) is -3.38. The van der Waals surface area contributed by atoms with Crippen molar-refractivity contribution in [3.05, 3.63) is 16.8 Å². The van der Waals surface area contributed by atoms with Gasteiger partial charge < -0.3 is 0 Å². The maximum atomic E-state index is 11.4. The molecular weight excluding hydrogens is 280 g/mol. The monoisotopic (exact) mass is 296 g/mol. The molecule has 15 heavy (non-hydrogen) atoms. The number of rotatable bonds is 7. The SMILES string of the molecule is CCCCNS(=O)(=O)NC(C)C=C=CBr. The molecule has 2 N–H and O–H groups in total. The Morgan fingerprint density at radius 2 is 2.20 bits per heavy atom. The van der Waals surface area contributed by atoms with E-state index in [4.69, 9.17) is 0 Å². The van der Waals surface area contributed by atoms with Crippen molar-refractivity contribution in [3.8, 4) is 0 Å². The molecule has 0 fully saturated rings. The number of hydrogen-bond acceptors (Lipinski definition) is 2. The van der Waals surface area contributed by atoms with Crippen LogP contribution in [0.3, 0.4) is 0 Å². The van der Waals surface area contributed by atoms with Gasteiger partial charge in [0.1, 0.15) is 0 Å². The van der Waals surface area contributed by atoms with Gasteiger partial charge in [-0.1, -0.05) is 29.3 Å². The normalized spacial score (nSPS) is 13.0. The van der Waals surface area contributed by atoms with Gasteiger partial charge in [0.25, 0.3) is 10.2 Å². The lowest BCUT2D eigenvalue weighted by Gasteiger charge is -2.10. The predicted octanol–water partition coefficient (Wildman–Crippen LogP) is 1.66. The van der Waals surface area contributed by atoms with Crippen LogP contribution in [0.5, 0.6) is 0 Å². The van der Waals surface area contributed by atoms with Gasteiger partial charge in [0.15, 0.2) is 0 Å². The van der Waals surface area contributed by atoms with Crippen molar-refractivity contribution in [2.45, 2.75) is 32.7 Å². The highest BCUT2D eigenvalue weighted by atomic mass is 79.9. The molecule has 0 amide bonds. The second kappa shape index (κ2) is 8.07. The molecule has 0 heterocycles. The molecule has 0 aromatic carbocycles. The van der Waals surface area contributed by atoms with Crippen molar-refractivity contribution in [2.24, 2.45) is 0 Å². The molecule has 4 nitrogen and oxygen atoms in total. The van der Waals surface area contributed by atoms with E-state index in [0.29, 0.717) is 6.54 Å². The summed E-state index contributed by atoms with van der Waals surface area (Å²) in [5.41, 5.74) is 2.75. The van der Waals surface area contributed by atoms with Crippen LogP contribution in [0.25, 0.3) is 0 Å². The van der Waals surface area contributed by atoms with E-state index in [1.165, 1.54) is 0 Å². The van der Waals surface area contributed by atoms with Crippen LogP contribution in [0.4, 0.5) is 0 Å². The smallest absolute Gasteiger partial charge is 0.202 e. The van der Waals surface area contributed by atoms with Gasteiger partial charge in [-0.2, -0.15) is 13.1 Å². The minimum absolute atomic E-state index is 0.280. The van der Waals surface area contributed by atoms with Gasteiger partial charge in [-0.05, 0) is 19.4 Å². The van der Waals surface area contributed by atoms with Crippen molar-refractivity contribution in [2.75, 3.05) is 6.54 Å². The summed E-state index contributed by atoms with van der Waals surface area (Å²) in [6, 6.07) is -0.280. The van der Waals surface area contributed by atoms with Gasteiger partial charge in [-0.25, -0.2) is 4.72 Å². The summed E-state index contributed by atoms with van der Waals surface area (Å²) in [5.74, 6) is 0. The number of halogens is 1. The molecule has 0 aliphatic carbocycles. The Bertz CT molecular complexity index is 321. The standard InChI is InChI=1S/C9H17BrN2O2S/c1-3-4-8-11-15(13,14)12-9(2)6-5-7-10/h6-7,9,11-12H,3-4,8H2,1-2H3. The zero-order valence-electron chi connectivity index (χ0n) is 8.96. The maximum Gasteiger partial charge on any atom is 0.277 e. The van der Waals surface area contributed by atoms with Crippen LogP contribution >= 0.6 is 15.9 Å². The quantitative estimate of drug-likeness (QED) is 0.554. The average molecular weight is 297 g/mol. The van der Waals surface area contributed by atoms with Crippen LogP contribution in [0, 0.1) is 0 Å². The van der Waals surface area contributed by atoms with Gasteiger partial charge in [-0.15, -0.1) is 5.73 Å². The third-order valence-corrected chi connectivity index (χ3v) is 3.10. The van der Waals surface area contributed by atoms with Crippen LogP contribution in [-0.4, -0.2) is 21.0 Å².